The van der Waals surface area contributed by atoms with Gasteiger partial charge in [0.1, 0.15) is 0 Å². The molecule has 0 fully saturated rings. The van der Waals surface area contributed by atoms with Gasteiger partial charge in [-0.2, -0.15) is 0 Å². The average Bonchev–Trinajstić information content (AvgIpc) is 3.14. The molecule has 0 radical (unpaired) electrons. The third kappa shape index (κ3) is 5.11. The van der Waals surface area contributed by atoms with Crippen LogP contribution in [0.2, 0.25) is 5.02 Å². The van der Waals surface area contributed by atoms with Crippen molar-refractivity contribution in [2.45, 2.75) is 17.4 Å². The Morgan fingerprint density at radius 3 is 2.48 bits per heavy atom. The van der Waals surface area contributed by atoms with Crippen molar-refractivity contribution in [3.63, 3.8) is 0 Å². The minimum absolute atomic E-state index is 0.125. The van der Waals surface area contributed by atoms with Gasteiger partial charge in [0.05, 0.1) is 5.75 Å². The van der Waals surface area contributed by atoms with Crippen LogP contribution in [0, 0.1) is 0 Å². The van der Waals surface area contributed by atoms with Crippen LogP contribution in [0.5, 0.6) is 0 Å². The Kier molecular flexibility index (Phi) is 5.82. The van der Waals surface area contributed by atoms with Crippen LogP contribution in [0.25, 0.3) is 0 Å². The van der Waals surface area contributed by atoms with Crippen LogP contribution in [0.4, 0.5) is 0 Å². The molecule has 0 bridgehead atoms. The highest BCUT2D eigenvalue weighted by Crippen LogP contribution is 2.17. The van der Waals surface area contributed by atoms with Crippen LogP contribution in [-0.2, 0) is 22.0 Å². The van der Waals surface area contributed by atoms with Crippen LogP contribution in [0.15, 0.2) is 58.4 Å². The van der Waals surface area contributed by atoms with E-state index < -0.39 is 15.1 Å². The predicted molar refractivity (Wildman–Crippen MR) is 96.9 cm³/mol. The fraction of sp³-hybridized carbons (Fsp3) is 0.176. The molecule has 1 N–H and O–H groups in total. The summed E-state index contributed by atoms with van der Waals surface area (Å²) in [6.45, 7) is 0.222. The van der Waals surface area contributed by atoms with E-state index in [0.29, 0.717) is 16.1 Å². The maximum absolute atomic E-state index is 12.4. The first-order chi connectivity index (χ1) is 12.9. The normalized spacial score (nSPS) is 11.3. The molecule has 8 nitrogen and oxygen atoms in total. The highest BCUT2D eigenvalue weighted by Gasteiger charge is 2.23. The minimum Gasteiger partial charge on any atom is -0.412 e. The SMILES string of the molecule is O=C(NCCc1nnc(S(=O)(=O)Cc2ccc(Cl)cc2)o1)c1ccncc1. The van der Waals surface area contributed by atoms with Crippen LogP contribution in [0.3, 0.4) is 0 Å². The van der Waals surface area contributed by atoms with Gasteiger partial charge in [0.15, 0.2) is 0 Å². The van der Waals surface area contributed by atoms with E-state index in [1.54, 1.807) is 36.4 Å². The molecule has 1 amide bonds. The molecule has 0 atom stereocenters. The first-order valence-corrected chi connectivity index (χ1v) is 9.95. The van der Waals surface area contributed by atoms with Crippen molar-refractivity contribution in [1.82, 2.24) is 20.5 Å². The third-order valence-corrected chi connectivity index (χ3v) is 5.21. The molecule has 2 aromatic heterocycles. The number of sulfone groups is 1. The molecule has 2 heterocycles. The average molecular weight is 407 g/mol. The standard InChI is InChI=1S/C17H15ClN4O4S/c18-14-3-1-12(2-4-14)11-27(24,25)17-22-21-15(26-17)7-10-20-16(23)13-5-8-19-9-6-13/h1-6,8-9H,7,10-11H2,(H,20,23). The smallest absolute Gasteiger partial charge is 0.335 e. The number of carbonyl (C=O) groups excluding carboxylic acids is 1. The van der Waals surface area contributed by atoms with Crippen LogP contribution in [0.1, 0.15) is 21.8 Å². The van der Waals surface area contributed by atoms with Crippen LogP contribution in [-0.4, -0.2) is 36.1 Å². The molecule has 140 valence electrons. The summed E-state index contributed by atoms with van der Waals surface area (Å²) >= 11 is 5.79. The Morgan fingerprint density at radius 2 is 1.78 bits per heavy atom. The van der Waals surface area contributed by atoms with E-state index in [0.717, 1.165) is 0 Å². The van der Waals surface area contributed by atoms with Crippen molar-refractivity contribution in [2.24, 2.45) is 0 Å². The molecule has 0 spiro atoms. The van der Waals surface area contributed by atoms with Crippen molar-refractivity contribution in [3.8, 4) is 0 Å². The summed E-state index contributed by atoms with van der Waals surface area (Å²) in [7, 11) is -3.77. The van der Waals surface area contributed by atoms with Gasteiger partial charge in [-0.3, -0.25) is 9.78 Å². The number of halogens is 1. The number of rotatable bonds is 7. The molecule has 3 aromatic rings. The first kappa shape index (κ1) is 19.0. The summed E-state index contributed by atoms with van der Waals surface area (Å²) in [6.07, 6.45) is 3.25. The van der Waals surface area contributed by atoms with E-state index in [9.17, 15) is 13.2 Å². The molecule has 0 unspecified atom stereocenters. The fourth-order valence-corrected chi connectivity index (χ4v) is 3.48. The Morgan fingerprint density at radius 1 is 1.07 bits per heavy atom. The monoisotopic (exact) mass is 406 g/mol. The molecular weight excluding hydrogens is 392 g/mol. The third-order valence-electron chi connectivity index (χ3n) is 3.55. The van der Waals surface area contributed by atoms with E-state index in [1.165, 1.54) is 12.4 Å². The number of aromatic nitrogens is 3. The number of amides is 1. The highest BCUT2D eigenvalue weighted by atomic mass is 35.5. The van der Waals surface area contributed by atoms with Gasteiger partial charge in [-0.15, -0.1) is 5.10 Å². The molecule has 1 aromatic carbocycles. The van der Waals surface area contributed by atoms with Gasteiger partial charge in [0.25, 0.3) is 5.91 Å². The lowest BCUT2D eigenvalue weighted by molar-refractivity contribution is 0.0953. The second kappa shape index (κ2) is 8.28. The van der Waals surface area contributed by atoms with E-state index in [1.807, 2.05) is 0 Å². The Labute approximate surface area is 160 Å². The number of pyridine rings is 1. The molecule has 0 aliphatic rings. The molecule has 3 rings (SSSR count). The van der Waals surface area contributed by atoms with Crippen molar-refractivity contribution < 1.29 is 17.6 Å². The van der Waals surface area contributed by atoms with Gasteiger partial charge < -0.3 is 9.73 Å². The van der Waals surface area contributed by atoms with Crippen molar-refractivity contribution in [2.75, 3.05) is 6.54 Å². The first-order valence-electron chi connectivity index (χ1n) is 7.92. The Balaban J connectivity index is 1.57. The van der Waals surface area contributed by atoms with E-state index in [4.69, 9.17) is 16.0 Å². The molecule has 27 heavy (non-hydrogen) atoms. The number of nitrogens with one attached hydrogen (secondary N) is 1. The second-order valence-electron chi connectivity index (χ2n) is 5.59. The summed E-state index contributed by atoms with van der Waals surface area (Å²) in [5, 5.41) is 10.1. The van der Waals surface area contributed by atoms with Gasteiger partial charge in [0, 0.05) is 35.9 Å². The molecule has 0 aliphatic heterocycles. The van der Waals surface area contributed by atoms with Crippen LogP contribution >= 0.6 is 11.6 Å². The number of hydrogen-bond acceptors (Lipinski definition) is 7. The van der Waals surface area contributed by atoms with Crippen molar-refractivity contribution in [1.29, 1.82) is 0 Å². The summed E-state index contributed by atoms with van der Waals surface area (Å²) in [6, 6.07) is 9.62. The fourth-order valence-electron chi connectivity index (χ4n) is 2.22. The lowest BCUT2D eigenvalue weighted by Gasteiger charge is -2.02. The predicted octanol–water partition coefficient (Wildman–Crippen LogP) is 2.06. The summed E-state index contributed by atoms with van der Waals surface area (Å²) in [5.74, 6) is -0.419. The van der Waals surface area contributed by atoms with E-state index in [2.05, 4.69) is 20.5 Å². The van der Waals surface area contributed by atoms with Gasteiger partial charge in [0.2, 0.25) is 15.7 Å². The Hall–Kier alpha value is -2.78. The molecule has 10 heteroatoms. The lowest BCUT2D eigenvalue weighted by Crippen LogP contribution is -2.25. The van der Waals surface area contributed by atoms with Gasteiger partial charge >= 0.3 is 5.22 Å². The lowest BCUT2D eigenvalue weighted by atomic mass is 10.2. The molecule has 0 saturated carbocycles. The molecule has 0 aliphatic carbocycles. The van der Waals surface area contributed by atoms with Crippen molar-refractivity contribution >= 4 is 27.3 Å². The zero-order valence-electron chi connectivity index (χ0n) is 14.0. The summed E-state index contributed by atoms with van der Waals surface area (Å²) < 4.78 is 30.0. The maximum Gasteiger partial charge on any atom is 0.335 e. The zero-order valence-corrected chi connectivity index (χ0v) is 15.6. The van der Waals surface area contributed by atoms with Gasteiger partial charge in [-0.1, -0.05) is 28.8 Å². The quantitative estimate of drug-likeness (QED) is 0.638. The number of hydrogen-bond donors (Lipinski definition) is 1. The van der Waals surface area contributed by atoms with E-state index in [-0.39, 0.29) is 30.5 Å². The maximum atomic E-state index is 12.4. The minimum atomic E-state index is -3.77. The number of nitrogens with zero attached hydrogens (tertiary/aromatic N) is 3. The van der Waals surface area contributed by atoms with Gasteiger partial charge in [-0.25, -0.2) is 8.42 Å². The highest BCUT2D eigenvalue weighted by molar-refractivity contribution is 7.90. The second-order valence-corrected chi connectivity index (χ2v) is 7.89. The number of benzene rings is 1. The Bertz CT molecular complexity index is 1020. The summed E-state index contributed by atoms with van der Waals surface area (Å²) in [4.78, 5) is 15.8. The molecule has 0 saturated heterocycles. The van der Waals surface area contributed by atoms with Gasteiger partial charge in [-0.05, 0) is 29.8 Å². The molecular formula is C17H15ClN4O4S. The van der Waals surface area contributed by atoms with Crippen molar-refractivity contribution in [3.05, 3.63) is 70.8 Å². The largest absolute Gasteiger partial charge is 0.412 e. The van der Waals surface area contributed by atoms with Crippen LogP contribution < -0.4 is 5.32 Å². The van der Waals surface area contributed by atoms with E-state index >= 15 is 0 Å². The number of carbonyl (C=O) groups is 1. The summed E-state index contributed by atoms with van der Waals surface area (Å²) in [5.41, 5.74) is 1.03. The topological polar surface area (TPSA) is 115 Å². The zero-order chi connectivity index (χ0) is 19.3.